The number of pyridine rings is 1. The summed E-state index contributed by atoms with van der Waals surface area (Å²) < 4.78 is 3.11. The molecule has 0 atom stereocenters. The van der Waals surface area contributed by atoms with Crippen LogP contribution in [0.3, 0.4) is 0 Å². The van der Waals surface area contributed by atoms with E-state index in [1.165, 1.54) is 44.2 Å². The maximum atomic E-state index is 13.2. The summed E-state index contributed by atoms with van der Waals surface area (Å²) in [6.07, 6.45) is 5.51. The van der Waals surface area contributed by atoms with Crippen molar-refractivity contribution in [1.29, 1.82) is 0 Å². The van der Waals surface area contributed by atoms with Gasteiger partial charge in [-0.3, -0.25) is 9.69 Å². The standard InChI is InChI=1S/C25H26N4OS2/c1-27-22-8-11-28(15-18-13-26-25(32-18)29-9-4-5-10-29)14-17(22)12-20(24(27)30)21-16-31-23-7-3-2-6-19(21)23/h2-3,6-7,12-13,16H,4-5,8-11,14-15H2,1H3. The molecule has 32 heavy (non-hydrogen) atoms. The molecule has 5 nitrogen and oxygen atoms in total. The number of thiophene rings is 1. The number of hydrogen-bond donors (Lipinski definition) is 0. The highest BCUT2D eigenvalue weighted by molar-refractivity contribution is 7.17. The van der Waals surface area contributed by atoms with Crippen molar-refractivity contribution in [3.63, 3.8) is 0 Å². The quantitative estimate of drug-likeness (QED) is 0.433. The van der Waals surface area contributed by atoms with Crippen molar-refractivity contribution in [1.82, 2.24) is 14.5 Å². The molecule has 164 valence electrons. The molecule has 1 saturated heterocycles. The molecule has 0 radical (unpaired) electrons. The van der Waals surface area contributed by atoms with E-state index in [-0.39, 0.29) is 5.56 Å². The van der Waals surface area contributed by atoms with Crippen LogP contribution in [-0.2, 0) is 26.6 Å². The minimum Gasteiger partial charge on any atom is -0.348 e. The summed E-state index contributed by atoms with van der Waals surface area (Å²) in [6.45, 7) is 5.04. The van der Waals surface area contributed by atoms with Gasteiger partial charge in [0.1, 0.15) is 0 Å². The summed E-state index contributed by atoms with van der Waals surface area (Å²) in [5, 5.41) is 4.47. The van der Waals surface area contributed by atoms with E-state index in [1.54, 1.807) is 11.3 Å². The van der Waals surface area contributed by atoms with Crippen molar-refractivity contribution >= 4 is 37.9 Å². The van der Waals surface area contributed by atoms with Gasteiger partial charge in [-0.15, -0.1) is 22.7 Å². The first kappa shape index (κ1) is 20.1. The van der Waals surface area contributed by atoms with Gasteiger partial charge in [-0.25, -0.2) is 4.98 Å². The van der Waals surface area contributed by atoms with Crippen LogP contribution in [-0.4, -0.2) is 34.1 Å². The van der Waals surface area contributed by atoms with E-state index in [4.69, 9.17) is 0 Å². The van der Waals surface area contributed by atoms with Gasteiger partial charge in [-0.2, -0.15) is 0 Å². The van der Waals surface area contributed by atoms with Gasteiger partial charge in [-0.05, 0) is 30.5 Å². The van der Waals surface area contributed by atoms with E-state index < -0.39 is 0 Å². The summed E-state index contributed by atoms with van der Waals surface area (Å²) in [5.74, 6) is 0. The molecule has 0 spiro atoms. The van der Waals surface area contributed by atoms with E-state index in [0.29, 0.717) is 0 Å². The second kappa shape index (κ2) is 8.14. The second-order valence-electron chi connectivity index (χ2n) is 8.80. The van der Waals surface area contributed by atoms with Gasteiger partial charge in [0.25, 0.3) is 5.56 Å². The molecule has 0 bridgehead atoms. The van der Waals surface area contributed by atoms with E-state index in [0.717, 1.165) is 50.3 Å². The molecule has 0 saturated carbocycles. The van der Waals surface area contributed by atoms with E-state index in [2.05, 4.69) is 56.7 Å². The third kappa shape index (κ3) is 3.49. The molecular formula is C25H26N4OS2. The molecule has 1 aromatic carbocycles. The number of nitrogens with zero attached hydrogens (tertiary/aromatic N) is 4. The maximum Gasteiger partial charge on any atom is 0.258 e. The Hall–Kier alpha value is -2.48. The highest BCUT2D eigenvalue weighted by atomic mass is 32.1. The zero-order valence-electron chi connectivity index (χ0n) is 18.2. The molecule has 7 heteroatoms. The molecule has 1 fully saturated rings. The van der Waals surface area contributed by atoms with Gasteiger partial charge >= 0.3 is 0 Å². The lowest BCUT2D eigenvalue weighted by Crippen LogP contribution is -2.35. The molecule has 2 aliphatic rings. The smallest absolute Gasteiger partial charge is 0.258 e. The lowest BCUT2D eigenvalue weighted by Gasteiger charge is -2.30. The minimum atomic E-state index is 0.110. The number of thiazole rings is 1. The Morgan fingerprint density at radius 2 is 1.94 bits per heavy atom. The van der Waals surface area contributed by atoms with Gasteiger partial charge in [0.05, 0.1) is 0 Å². The third-order valence-corrected chi connectivity index (χ3v) is 8.76. The SMILES string of the molecule is Cn1c2c(cc(-c3csc4ccccc34)c1=O)CN(Cc1cnc(N3CCCC3)s1)CC2. The molecule has 0 amide bonds. The Bertz CT molecular complexity index is 1350. The second-order valence-corrected chi connectivity index (χ2v) is 10.8. The molecule has 3 aromatic heterocycles. The largest absolute Gasteiger partial charge is 0.348 e. The number of fused-ring (bicyclic) bond motifs is 2. The van der Waals surface area contributed by atoms with Crippen molar-refractivity contribution in [3.05, 3.63) is 68.4 Å². The summed E-state index contributed by atoms with van der Waals surface area (Å²) in [4.78, 5) is 24.1. The number of anilines is 1. The van der Waals surface area contributed by atoms with Crippen LogP contribution in [0.4, 0.5) is 5.13 Å². The Morgan fingerprint density at radius 3 is 2.81 bits per heavy atom. The number of aromatic nitrogens is 2. The fourth-order valence-corrected chi connectivity index (χ4v) is 7.01. The van der Waals surface area contributed by atoms with Crippen molar-refractivity contribution < 1.29 is 0 Å². The fourth-order valence-electron chi connectivity index (χ4n) is 5.05. The maximum absolute atomic E-state index is 13.2. The monoisotopic (exact) mass is 462 g/mol. The Morgan fingerprint density at radius 1 is 1.09 bits per heavy atom. The average molecular weight is 463 g/mol. The van der Waals surface area contributed by atoms with Gasteiger partial charge in [0.2, 0.25) is 0 Å². The summed E-state index contributed by atoms with van der Waals surface area (Å²) in [6, 6.07) is 10.5. The van der Waals surface area contributed by atoms with Crippen LogP contribution in [0.2, 0.25) is 0 Å². The van der Waals surface area contributed by atoms with Crippen molar-refractivity contribution in [2.24, 2.45) is 7.05 Å². The number of hydrogen-bond acceptors (Lipinski definition) is 6. The molecule has 4 aromatic rings. The Kier molecular flexibility index (Phi) is 5.12. The first-order valence-corrected chi connectivity index (χ1v) is 13.0. The van der Waals surface area contributed by atoms with Gasteiger partial charge < -0.3 is 9.47 Å². The molecule has 2 aliphatic heterocycles. The normalized spacial score (nSPS) is 16.7. The van der Waals surface area contributed by atoms with E-state index in [9.17, 15) is 4.79 Å². The van der Waals surface area contributed by atoms with Gasteiger partial charge in [-0.1, -0.05) is 18.2 Å². The van der Waals surface area contributed by atoms with E-state index >= 15 is 0 Å². The molecular weight excluding hydrogens is 436 g/mol. The lowest BCUT2D eigenvalue weighted by molar-refractivity contribution is 0.243. The third-order valence-electron chi connectivity index (χ3n) is 6.76. The molecule has 0 unspecified atom stereocenters. The van der Waals surface area contributed by atoms with Crippen LogP contribution in [0.5, 0.6) is 0 Å². The van der Waals surface area contributed by atoms with Crippen molar-refractivity contribution in [2.75, 3.05) is 24.5 Å². The molecule has 0 N–H and O–H groups in total. The number of benzene rings is 1. The van der Waals surface area contributed by atoms with E-state index in [1.807, 2.05) is 23.0 Å². The minimum absolute atomic E-state index is 0.110. The fraction of sp³-hybridized carbons (Fsp3) is 0.360. The highest BCUT2D eigenvalue weighted by Crippen LogP contribution is 2.34. The van der Waals surface area contributed by atoms with Crippen LogP contribution < -0.4 is 10.5 Å². The molecule has 5 heterocycles. The summed E-state index contributed by atoms with van der Waals surface area (Å²) in [5.41, 5.74) is 4.44. The Labute approximate surface area is 195 Å². The van der Waals surface area contributed by atoms with Gasteiger partial charge in [0, 0.05) is 89.6 Å². The van der Waals surface area contributed by atoms with Crippen molar-refractivity contribution in [3.8, 4) is 11.1 Å². The lowest BCUT2D eigenvalue weighted by atomic mass is 9.99. The molecule has 6 rings (SSSR count). The van der Waals surface area contributed by atoms with Crippen LogP contribution in [0.25, 0.3) is 21.2 Å². The zero-order chi connectivity index (χ0) is 21.7. The highest BCUT2D eigenvalue weighted by Gasteiger charge is 2.23. The van der Waals surface area contributed by atoms with Gasteiger partial charge in [0.15, 0.2) is 5.13 Å². The first-order valence-electron chi connectivity index (χ1n) is 11.3. The topological polar surface area (TPSA) is 41.4 Å². The average Bonchev–Trinajstić information content (AvgIpc) is 3.57. The summed E-state index contributed by atoms with van der Waals surface area (Å²) >= 11 is 3.54. The first-order chi connectivity index (χ1) is 15.7. The predicted molar refractivity (Wildman–Crippen MR) is 134 cm³/mol. The van der Waals surface area contributed by atoms with Crippen LogP contribution in [0, 0.1) is 0 Å². The van der Waals surface area contributed by atoms with Crippen LogP contribution in [0.1, 0.15) is 29.0 Å². The predicted octanol–water partition coefficient (Wildman–Crippen LogP) is 4.88. The molecule has 0 aliphatic carbocycles. The van der Waals surface area contributed by atoms with Crippen LogP contribution in [0.15, 0.2) is 46.7 Å². The number of rotatable bonds is 4. The van der Waals surface area contributed by atoms with Crippen molar-refractivity contribution in [2.45, 2.75) is 32.4 Å². The summed E-state index contributed by atoms with van der Waals surface area (Å²) in [7, 11) is 1.93. The zero-order valence-corrected chi connectivity index (χ0v) is 19.8. The Balaban J connectivity index is 1.29. The van der Waals surface area contributed by atoms with Crippen LogP contribution >= 0.6 is 22.7 Å².